The monoisotopic (exact) mass is 160 g/mol. The molecule has 1 rings (SSSR count). The first-order valence-electron chi connectivity index (χ1n) is 3.86. The summed E-state index contributed by atoms with van der Waals surface area (Å²) in [7, 11) is 0. The molecule has 2 unspecified atom stereocenters. The van der Waals surface area contributed by atoms with Gasteiger partial charge in [0.05, 0.1) is 5.92 Å². The molecule has 0 aliphatic carbocycles. The first-order chi connectivity index (χ1) is 5.22. The van der Waals surface area contributed by atoms with Crippen molar-refractivity contribution < 1.29 is 9.18 Å². The molecule has 4 heteroatoms. The van der Waals surface area contributed by atoms with Crippen molar-refractivity contribution in [1.29, 1.82) is 0 Å². The Morgan fingerprint density at radius 2 is 2.36 bits per heavy atom. The molecule has 11 heavy (non-hydrogen) atoms. The van der Waals surface area contributed by atoms with Crippen LogP contribution in [0.3, 0.4) is 0 Å². The zero-order valence-electron chi connectivity index (χ0n) is 6.35. The van der Waals surface area contributed by atoms with Gasteiger partial charge in [0, 0.05) is 6.54 Å². The summed E-state index contributed by atoms with van der Waals surface area (Å²) in [5.41, 5.74) is 5.01. The van der Waals surface area contributed by atoms with Crippen LogP contribution in [0.25, 0.3) is 0 Å². The van der Waals surface area contributed by atoms with E-state index in [-0.39, 0.29) is 0 Å². The van der Waals surface area contributed by atoms with E-state index < -0.39 is 18.0 Å². The molecular weight excluding hydrogens is 147 g/mol. The summed E-state index contributed by atoms with van der Waals surface area (Å²) >= 11 is 0. The Balaban J connectivity index is 2.52. The second-order valence-corrected chi connectivity index (χ2v) is 2.87. The number of hydrogen-bond donors (Lipinski definition) is 2. The third-order valence-corrected chi connectivity index (χ3v) is 2.00. The van der Waals surface area contributed by atoms with Gasteiger partial charge >= 0.3 is 0 Å². The molecule has 1 heterocycles. The summed E-state index contributed by atoms with van der Waals surface area (Å²) in [6.07, 6.45) is 0.174. The summed E-state index contributed by atoms with van der Waals surface area (Å²) in [6, 6.07) is 0. The smallest absolute Gasteiger partial charge is 0.224 e. The van der Waals surface area contributed by atoms with Gasteiger partial charge in [0.25, 0.3) is 0 Å². The lowest BCUT2D eigenvalue weighted by Gasteiger charge is -2.13. The van der Waals surface area contributed by atoms with E-state index >= 15 is 0 Å². The van der Waals surface area contributed by atoms with Gasteiger partial charge in [0.15, 0.2) is 0 Å². The summed E-state index contributed by atoms with van der Waals surface area (Å²) in [5, 5.41) is 2.97. The van der Waals surface area contributed by atoms with E-state index in [1.54, 1.807) is 0 Å². The van der Waals surface area contributed by atoms with E-state index in [4.69, 9.17) is 5.73 Å². The van der Waals surface area contributed by atoms with Crippen LogP contribution in [0.4, 0.5) is 4.39 Å². The minimum atomic E-state index is -1.05. The van der Waals surface area contributed by atoms with Crippen molar-refractivity contribution >= 4 is 5.91 Å². The van der Waals surface area contributed by atoms with Crippen LogP contribution >= 0.6 is 0 Å². The van der Waals surface area contributed by atoms with Crippen molar-refractivity contribution in [3.05, 3.63) is 0 Å². The van der Waals surface area contributed by atoms with Crippen LogP contribution < -0.4 is 11.1 Å². The number of hydrogen-bond acceptors (Lipinski definition) is 2. The average molecular weight is 160 g/mol. The van der Waals surface area contributed by atoms with E-state index in [0.29, 0.717) is 13.0 Å². The predicted molar refractivity (Wildman–Crippen MR) is 39.7 cm³/mol. The minimum absolute atomic E-state index is 0.385. The largest absolute Gasteiger partial charge is 0.369 e. The highest BCUT2D eigenvalue weighted by atomic mass is 19.1. The van der Waals surface area contributed by atoms with E-state index in [0.717, 1.165) is 13.0 Å². The molecule has 3 nitrogen and oxygen atoms in total. The predicted octanol–water partition coefficient (Wildman–Crippen LogP) is -0.191. The molecule has 1 aliphatic heterocycles. The fourth-order valence-electron chi connectivity index (χ4n) is 1.29. The Morgan fingerprint density at radius 3 is 3.00 bits per heavy atom. The first-order valence-corrected chi connectivity index (χ1v) is 3.86. The zero-order valence-corrected chi connectivity index (χ0v) is 6.35. The number of amides is 1. The van der Waals surface area contributed by atoms with Crippen LogP contribution in [-0.4, -0.2) is 25.2 Å². The quantitative estimate of drug-likeness (QED) is 0.558. The van der Waals surface area contributed by atoms with E-state index in [2.05, 4.69) is 5.32 Å². The SMILES string of the molecule is NC(=O)C1CNCCCC1F. The molecule has 0 bridgehead atoms. The van der Waals surface area contributed by atoms with Crippen molar-refractivity contribution in [3.63, 3.8) is 0 Å². The Bertz CT molecular complexity index is 151. The molecule has 0 aromatic rings. The van der Waals surface area contributed by atoms with Gasteiger partial charge in [-0.3, -0.25) is 4.79 Å². The molecule has 0 aromatic carbocycles. The molecule has 1 aliphatic rings. The Hall–Kier alpha value is -0.640. The summed E-state index contributed by atoms with van der Waals surface area (Å²) in [4.78, 5) is 10.7. The summed E-state index contributed by atoms with van der Waals surface area (Å²) < 4.78 is 13.0. The second-order valence-electron chi connectivity index (χ2n) is 2.87. The first kappa shape index (κ1) is 8.46. The normalized spacial score (nSPS) is 32.8. The minimum Gasteiger partial charge on any atom is -0.369 e. The van der Waals surface area contributed by atoms with Gasteiger partial charge in [-0.05, 0) is 19.4 Å². The van der Waals surface area contributed by atoms with Gasteiger partial charge in [-0.15, -0.1) is 0 Å². The number of halogens is 1. The molecule has 0 aromatic heterocycles. The summed E-state index contributed by atoms with van der Waals surface area (Å²) in [6.45, 7) is 1.17. The van der Waals surface area contributed by atoms with Gasteiger partial charge in [-0.1, -0.05) is 0 Å². The Kier molecular flexibility index (Phi) is 2.82. The van der Waals surface area contributed by atoms with Gasteiger partial charge in [-0.2, -0.15) is 0 Å². The van der Waals surface area contributed by atoms with Crippen molar-refractivity contribution in [3.8, 4) is 0 Å². The van der Waals surface area contributed by atoms with Gasteiger partial charge < -0.3 is 11.1 Å². The second kappa shape index (κ2) is 3.67. The summed E-state index contributed by atoms with van der Waals surface area (Å²) in [5.74, 6) is -1.16. The number of carbonyl (C=O) groups is 1. The van der Waals surface area contributed by atoms with Gasteiger partial charge in [0.1, 0.15) is 6.17 Å². The molecule has 2 atom stereocenters. The third kappa shape index (κ3) is 2.15. The number of nitrogens with one attached hydrogen (secondary N) is 1. The zero-order chi connectivity index (χ0) is 8.27. The lowest BCUT2D eigenvalue weighted by Crippen LogP contribution is -2.36. The highest BCUT2D eigenvalue weighted by molar-refractivity contribution is 5.77. The van der Waals surface area contributed by atoms with Crippen LogP contribution in [0, 0.1) is 5.92 Å². The van der Waals surface area contributed by atoms with E-state index in [1.165, 1.54) is 0 Å². The third-order valence-electron chi connectivity index (χ3n) is 2.00. The fourth-order valence-corrected chi connectivity index (χ4v) is 1.29. The molecular formula is C7H13FN2O. The number of alkyl halides is 1. The molecule has 0 saturated carbocycles. The van der Waals surface area contributed by atoms with Crippen molar-refractivity contribution in [2.45, 2.75) is 19.0 Å². The molecule has 1 fully saturated rings. The van der Waals surface area contributed by atoms with Crippen LogP contribution in [0.2, 0.25) is 0 Å². The van der Waals surface area contributed by atoms with Crippen LogP contribution in [0.1, 0.15) is 12.8 Å². The highest BCUT2D eigenvalue weighted by Gasteiger charge is 2.27. The standard InChI is InChI=1S/C7H13FN2O/c8-6-2-1-3-10-4-5(6)7(9)11/h5-6,10H,1-4H2,(H2,9,11). The van der Waals surface area contributed by atoms with Crippen molar-refractivity contribution in [1.82, 2.24) is 5.32 Å². The topological polar surface area (TPSA) is 55.1 Å². The molecule has 64 valence electrons. The Morgan fingerprint density at radius 1 is 1.64 bits per heavy atom. The molecule has 1 saturated heterocycles. The maximum atomic E-state index is 13.0. The van der Waals surface area contributed by atoms with Gasteiger partial charge in [0.2, 0.25) is 5.91 Å². The maximum absolute atomic E-state index is 13.0. The number of nitrogens with two attached hydrogens (primary N) is 1. The molecule has 1 amide bonds. The molecule has 0 spiro atoms. The molecule has 0 radical (unpaired) electrons. The lowest BCUT2D eigenvalue weighted by molar-refractivity contribution is -0.123. The van der Waals surface area contributed by atoms with Crippen LogP contribution in [0.15, 0.2) is 0 Å². The van der Waals surface area contributed by atoms with Crippen LogP contribution in [-0.2, 0) is 4.79 Å². The van der Waals surface area contributed by atoms with Crippen molar-refractivity contribution in [2.75, 3.05) is 13.1 Å². The molecule has 3 N–H and O–H groups in total. The lowest BCUT2D eigenvalue weighted by atomic mass is 10.0. The van der Waals surface area contributed by atoms with Gasteiger partial charge in [-0.25, -0.2) is 4.39 Å². The maximum Gasteiger partial charge on any atom is 0.224 e. The van der Waals surface area contributed by atoms with Crippen LogP contribution in [0.5, 0.6) is 0 Å². The Labute approximate surface area is 65.1 Å². The van der Waals surface area contributed by atoms with Crippen molar-refractivity contribution in [2.24, 2.45) is 11.7 Å². The number of primary amides is 1. The average Bonchev–Trinajstić information content (AvgIpc) is 2.13. The number of rotatable bonds is 1. The van der Waals surface area contributed by atoms with E-state index in [9.17, 15) is 9.18 Å². The fraction of sp³-hybridized carbons (Fsp3) is 0.857. The highest BCUT2D eigenvalue weighted by Crippen LogP contribution is 2.15. The number of carbonyl (C=O) groups excluding carboxylic acids is 1. The van der Waals surface area contributed by atoms with E-state index in [1.807, 2.05) is 0 Å².